The zero-order chi connectivity index (χ0) is 10.3. The molecule has 0 spiro atoms. The Bertz CT molecular complexity index is 588. The van der Waals surface area contributed by atoms with Crippen molar-refractivity contribution in [2.24, 2.45) is 5.14 Å². The fourth-order valence-corrected chi connectivity index (χ4v) is 2.17. The van der Waals surface area contributed by atoms with E-state index in [1.807, 2.05) is 0 Å². The lowest BCUT2D eigenvalue weighted by Crippen LogP contribution is -2.11. The highest BCUT2D eigenvalue weighted by atomic mass is 35.5. The molecule has 0 amide bonds. The van der Waals surface area contributed by atoms with Crippen molar-refractivity contribution in [3.8, 4) is 0 Å². The normalized spacial score (nSPS) is 12.1. The van der Waals surface area contributed by atoms with Gasteiger partial charge in [-0.2, -0.15) is 0 Å². The molecule has 0 saturated carbocycles. The number of primary sulfonamides is 1. The summed E-state index contributed by atoms with van der Waals surface area (Å²) >= 11 is 5.75. The number of nitrogens with two attached hydrogens (primary N) is 1. The number of fused-ring (bicyclic) bond motifs is 1. The van der Waals surface area contributed by atoms with Gasteiger partial charge in [0.25, 0.3) is 0 Å². The zero-order valence-corrected chi connectivity index (χ0v) is 8.56. The topological polar surface area (TPSA) is 76.0 Å². The molecule has 0 atom stereocenters. The Kier molecular flexibility index (Phi) is 2.02. The van der Waals surface area contributed by atoms with Gasteiger partial charge in [0, 0.05) is 22.1 Å². The highest BCUT2D eigenvalue weighted by Gasteiger charge is 2.13. The highest BCUT2D eigenvalue weighted by molar-refractivity contribution is 7.89. The van der Waals surface area contributed by atoms with Crippen LogP contribution in [-0.2, 0) is 10.0 Å². The van der Waals surface area contributed by atoms with Gasteiger partial charge in [0.15, 0.2) is 0 Å². The number of benzene rings is 1. The van der Waals surface area contributed by atoms with Crippen molar-refractivity contribution in [3.05, 3.63) is 29.4 Å². The summed E-state index contributed by atoms with van der Waals surface area (Å²) in [7, 11) is -3.69. The minimum Gasteiger partial charge on any atom is -0.360 e. The number of hydrogen-bond donors (Lipinski definition) is 2. The summed E-state index contributed by atoms with van der Waals surface area (Å²) in [5.41, 5.74) is 0.693. The lowest BCUT2D eigenvalue weighted by atomic mass is 10.2. The van der Waals surface area contributed by atoms with Gasteiger partial charge in [-0.25, -0.2) is 13.6 Å². The van der Waals surface area contributed by atoms with Gasteiger partial charge in [0.2, 0.25) is 10.0 Å². The molecule has 2 aromatic rings. The van der Waals surface area contributed by atoms with E-state index in [-0.39, 0.29) is 4.90 Å². The SMILES string of the molecule is NS(=O)(=O)c1c[nH]c2ccc(Cl)cc12. The van der Waals surface area contributed by atoms with Gasteiger partial charge in [0.05, 0.1) is 0 Å². The van der Waals surface area contributed by atoms with E-state index in [4.69, 9.17) is 16.7 Å². The quantitative estimate of drug-likeness (QED) is 0.778. The number of nitrogens with one attached hydrogen (secondary N) is 1. The second kappa shape index (κ2) is 2.98. The van der Waals surface area contributed by atoms with Gasteiger partial charge in [-0.1, -0.05) is 11.6 Å². The van der Waals surface area contributed by atoms with Crippen LogP contribution in [0.4, 0.5) is 0 Å². The third-order valence-electron chi connectivity index (χ3n) is 1.91. The van der Waals surface area contributed by atoms with Gasteiger partial charge < -0.3 is 4.98 Å². The van der Waals surface area contributed by atoms with E-state index in [1.165, 1.54) is 6.20 Å². The number of H-pyrrole nitrogens is 1. The maximum absolute atomic E-state index is 11.1. The predicted molar refractivity (Wildman–Crippen MR) is 54.7 cm³/mol. The molecule has 3 N–H and O–H groups in total. The Morgan fingerprint density at radius 3 is 2.71 bits per heavy atom. The van der Waals surface area contributed by atoms with E-state index in [1.54, 1.807) is 18.2 Å². The van der Waals surface area contributed by atoms with Crippen molar-refractivity contribution in [2.75, 3.05) is 0 Å². The minimum atomic E-state index is -3.69. The van der Waals surface area contributed by atoms with Gasteiger partial charge in [-0.3, -0.25) is 0 Å². The molecule has 0 aliphatic rings. The van der Waals surface area contributed by atoms with Crippen LogP contribution < -0.4 is 5.14 Å². The van der Waals surface area contributed by atoms with Crippen LogP contribution in [0.3, 0.4) is 0 Å². The van der Waals surface area contributed by atoms with Crippen LogP contribution >= 0.6 is 11.6 Å². The average molecular weight is 231 g/mol. The molecule has 0 bridgehead atoms. The van der Waals surface area contributed by atoms with Crippen molar-refractivity contribution in [1.29, 1.82) is 0 Å². The van der Waals surface area contributed by atoms with Crippen molar-refractivity contribution in [1.82, 2.24) is 4.98 Å². The van der Waals surface area contributed by atoms with Crippen LogP contribution in [0.5, 0.6) is 0 Å². The third-order valence-corrected chi connectivity index (χ3v) is 3.10. The standard InChI is InChI=1S/C8H7ClN2O2S/c9-5-1-2-7-6(3-5)8(4-11-7)14(10,12)13/h1-4,11H,(H2,10,12,13). The lowest BCUT2D eigenvalue weighted by Gasteiger charge is -1.95. The number of hydrogen-bond acceptors (Lipinski definition) is 2. The molecule has 0 aliphatic carbocycles. The molecule has 0 fully saturated rings. The van der Waals surface area contributed by atoms with E-state index in [9.17, 15) is 8.42 Å². The number of aromatic amines is 1. The molecule has 74 valence electrons. The van der Waals surface area contributed by atoms with Gasteiger partial charge in [-0.05, 0) is 18.2 Å². The highest BCUT2D eigenvalue weighted by Crippen LogP contribution is 2.24. The monoisotopic (exact) mass is 230 g/mol. The second-order valence-electron chi connectivity index (χ2n) is 2.89. The Balaban J connectivity index is 2.87. The van der Waals surface area contributed by atoms with Crippen molar-refractivity contribution in [2.45, 2.75) is 4.90 Å². The van der Waals surface area contributed by atoms with Crippen LogP contribution in [0.25, 0.3) is 10.9 Å². The summed E-state index contributed by atoms with van der Waals surface area (Å²) < 4.78 is 22.3. The first kappa shape index (κ1) is 9.51. The maximum Gasteiger partial charge on any atom is 0.240 e. The van der Waals surface area contributed by atoms with Crippen molar-refractivity contribution in [3.63, 3.8) is 0 Å². The number of sulfonamides is 1. The van der Waals surface area contributed by atoms with E-state index in [0.29, 0.717) is 15.9 Å². The molecule has 2 rings (SSSR count). The summed E-state index contributed by atoms with van der Waals surface area (Å²) in [6, 6.07) is 4.94. The molecule has 4 nitrogen and oxygen atoms in total. The van der Waals surface area contributed by atoms with Gasteiger partial charge in [0.1, 0.15) is 4.90 Å². The first-order chi connectivity index (χ1) is 6.48. The van der Waals surface area contributed by atoms with Gasteiger partial charge >= 0.3 is 0 Å². The lowest BCUT2D eigenvalue weighted by molar-refractivity contribution is 0.598. The largest absolute Gasteiger partial charge is 0.360 e. The number of halogens is 1. The fraction of sp³-hybridized carbons (Fsp3) is 0. The van der Waals surface area contributed by atoms with E-state index in [0.717, 1.165) is 0 Å². The Morgan fingerprint density at radius 2 is 2.07 bits per heavy atom. The van der Waals surface area contributed by atoms with Crippen molar-refractivity contribution >= 4 is 32.5 Å². The second-order valence-corrected chi connectivity index (χ2v) is 4.85. The Labute approximate surface area is 85.7 Å². The van der Waals surface area contributed by atoms with E-state index in [2.05, 4.69) is 4.98 Å². The molecule has 0 saturated heterocycles. The fourth-order valence-electron chi connectivity index (χ4n) is 1.30. The molecule has 1 aromatic carbocycles. The minimum absolute atomic E-state index is 0.0648. The van der Waals surface area contributed by atoms with Crippen molar-refractivity contribution < 1.29 is 8.42 Å². The van der Waals surface area contributed by atoms with Crippen LogP contribution in [0.1, 0.15) is 0 Å². The summed E-state index contributed by atoms with van der Waals surface area (Å²) in [5, 5.41) is 6.01. The van der Waals surface area contributed by atoms with E-state index < -0.39 is 10.0 Å². The van der Waals surface area contributed by atoms with Crippen LogP contribution in [0, 0.1) is 0 Å². The molecule has 1 heterocycles. The molecule has 0 radical (unpaired) electrons. The number of aromatic nitrogens is 1. The first-order valence-corrected chi connectivity index (χ1v) is 5.70. The van der Waals surface area contributed by atoms with Gasteiger partial charge in [-0.15, -0.1) is 0 Å². The van der Waals surface area contributed by atoms with E-state index >= 15 is 0 Å². The third kappa shape index (κ3) is 1.50. The van der Waals surface area contributed by atoms with Crippen LogP contribution in [0.2, 0.25) is 5.02 Å². The zero-order valence-electron chi connectivity index (χ0n) is 6.99. The number of rotatable bonds is 1. The summed E-state index contributed by atoms with van der Waals surface area (Å²) in [6.07, 6.45) is 1.36. The summed E-state index contributed by atoms with van der Waals surface area (Å²) in [5.74, 6) is 0. The van der Waals surface area contributed by atoms with Crippen LogP contribution in [0.15, 0.2) is 29.3 Å². The molecule has 14 heavy (non-hydrogen) atoms. The molecular formula is C8H7ClN2O2S. The maximum atomic E-state index is 11.1. The van der Waals surface area contributed by atoms with Crippen LogP contribution in [-0.4, -0.2) is 13.4 Å². The molecular weight excluding hydrogens is 224 g/mol. The Hall–Kier alpha value is -1.04. The smallest absolute Gasteiger partial charge is 0.240 e. The molecule has 0 aliphatic heterocycles. The molecule has 6 heteroatoms. The first-order valence-electron chi connectivity index (χ1n) is 3.78. The summed E-state index contributed by atoms with van der Waals surface area (Å²) in [6.45, 7) is 0. The predicted octanol–water partition coefficient (Wildman–Crippen LogP) is 1.47. The molecule has 1 aromatic heterocycles. The Morgan fingerprint density at radius 1 is 1.36 bits per heavy atom. The summed E-state index contributed by atoms with van der Waals surface area (Å²) in [4.78, 5) is 2.87. The average Bonchev–Trinajstić information content (AvgIpc) is 2.45. The molecule has 0 unspecified atom stereocenters.